The van der Waals surface area contributed by atoms with Crippen molar-refractivity contribution < 1.29 is 29.1 Å². The zero-order valence-electron chi connectivity index (χ0n) is 16.3. The molecule has 2 atom stereocenters. The van der Waals surface area contributed by atoms with E-state index in [2.05, 4.69) is 10.3 Å². The van der Waals surface area contributed by atoms with Gasteiger partial charge >= 0.3 is 5.97 Å². The molecule has 0 spiro atoms. The lowest BCUT2D eigenvalue weighted by molar-refractivity contribution is -0.923. The van der Waals surface area contributed by atoms with Crippen LogP contribution in [0.3, 0.4) is 0 Å². The SMILES string of the molecule is COC(=O)c1[nH]c2cc(OC)ccc2c1NC(=O)C[NH+]1CCCC[C@H]1CCO. The van der Waals surface area contributed by atoms with Gasteiger partial charge in [0.2, 0.25) is 0 Å². The summed E-state index contributed by atoms with van der Waals surface area (Å²) >= 11 is 0. The summed E-state index contributed by atoms with van der Waals surface area (Å²) in [6.07, 6.45) is 3.92. The van der Waals surface area contributed by atoms with Crippen molar-refractivity contribution in [3.8, 4) is 5.75 Å². The minimum Gasteiger partial charge on any atom is -0.497 e. The van der Waals surface area contributed by atoms with E-state index in [1.807, 2.05) is 0 Å². The van der Waals surface area contributed by atoms with Gasteiger partial charge in [0.15, 0.2) is 6.54 Å². The van der Waals surface area contributed by atoms with Crippen LogP contribution in [0.2, 0.25) is 0 Å². The third kappa shape index (κ3) is 4.28. The Morgan fingerprint density at radius 1 is 1.32 bits per heavy atom. The van der Waals surface area contributed by atoms with E-state index in [4.69, 9.17) is 9.47 Å². The lowest BCUT2D eigenvalue weighted by Crippen LogP contribution is -3.17. The number of likely N-dealkylation sites (tertiary alicyclic amines) is 1. The molecule has 1 unspecified atom stereocenters. The summed E-state index contributed by atoms with van der Waals surface area (Å²) in [5.74, 6) is -0.0664. The number of anilines is 1. The maximum Gasteiger partial charge on any atom is 0.356 e. The molecule has 0 saturated carbocycles. The molecular formula is C20H28N3O5+. The molecule has 8 nitrogen and oxygen atoms in total. The molecule has 1 saturated heterocycles. The maximum atomic E-state index is 12.8. The van der Waals surface area contributed by atoms with E-state index < -0.39 is 5.97 Å². The van der Waals surface area contributed by atoms with Crippen LogP contribution in [0.1, 0.15) is 36.2 Å². The molecule has 8 heteroatoms. The van der Waals surface area contributed by atoms with E-state index in [0.29, 0.717) is 29.9 Å². The normalized spacial score (nSPS) is 19.4. The highest BCUT2D eigenvalue weighted by molar-refractivity contribution is 6.11. The van der Waals surface area contributed by atoms with Gasteiger partial charge in [0.1, 0.15) is 11.4 Å². The first-order valence-corrected chi connectivity index (χ1v) is 9.60. The predicted octanol–water partition coefficient (Wildman–Crippen LogP) is 0.721. The number of piperidine rings is 1. The van der Waals surface area contributed by atoms with Crippen LogP contribution in [0.4, 0.5) is 5.69 Å². The molecule has 3 rings (SSSR count). The Bertz CT molecular complexity index is 846. The first-order chi connectivity index (χ1) is 13.6. The second-order valence-corrected chi connectivity index (χ2v) is 7.12. The molecule has 1 aliphatic heterocycles. The largest absolute Gasteiger partial charge is 0.497 e. The van der Waals surface area contributed by atoms with E-state index in [9.17, 15) is 14.7 Å². The average molecular weight is 390 g/mol. The Kier molecular flexibility index (Phi) is 6.53. The number of aliphatic hydroxyl groups is 1. The fourth-order valence-electron chi connectivity index (χ4n) is 3.97. The first-order valence-electron chi connectivity index (χ1n) is 9.60. The van der Waals surface area contributed by atoms with Crippen LogP contribution in [0.5, 0.6) is 5.75 Å². The second kappa shape index (κ2) is 9.07. The third-order valence-corrected chi connectivity index (χ3v) is 5.40. The van der Waals surface area contributed by atoms with Crippen molar-refractivity contribution in [3.05, 3.63) is 23.9 Å². The molecule has 1 aliphatic rings. The van der Waals surface area contributed by atoms with Crippen molar-refractivity contribution in [2.45, 2.75) is 31.7 Å². The number of aromatic nitrogens is 1. The third-order valence-electron chi connectivity index (χ3n) is 5.40. The van der Waals surface area contributed by atoms with Crippen molar-refractivity contribution in [2.75, 3.05) is 39.2 Å². The first kappa shape index (κ1) is 20.2. The molecule has 4 N–H and O–H groups in total. The molecule has 0 radical (unpaired) electrons. The number of fused-ring (bicyclic) bond motifs is 1. The summed E-state index contributed by atoms with van der Waals surface area (Å²) in [6, 6.07) is 5.64. The summed E-state index contributed by atoms with van der Waals surface area (Å²) in [5, 5.41) is 12.9. The van der Waals surface area contributed by atoms with E-state index in [0.717, 1.165) is 31.2 Å². The molecular weight excluding hydrogens is 362 g/mol. The smallest absolute Gasteiger partial charge is 0.356 e. The molecule has 152 valence electrons. The fraction of sp³-hybridized carbons (Fsp3) is 0.500. The van der Waals surface area contributed by atoms with Gasteiger partial charge in [-0.2, -0.15) is 0 Å². The monoisotopic (exact) mass is 390 g/mol. The fourth-order valence-corrected chi connectivity index (χ4v) is 3.97. The number of benzene rings is 1. The Labute approximate surface area is 163 Å². The molecule has 28 heavy (non-hydrogen) atoms. The summed E-state index contributed by atoms with van der Waals surface area (Å²) in [6.45, 7) is 1.34. The lowest BCUT2D eigenvalue weighted by Gasteiger charge is -2.31. The summed E-state index contributed by atoms with van der Waals surface area (Å²) in [7, 11) is 2.87. The van der Waals surface area contributed by atoms with E-state index in [1.54, 1.807) is 25.3 Å². The lowest BCUT2D eigenvalue weighted by atomic mass is 9.99. The number of quaternary nitrogens is 1. The zero-order chi connectivity index (χ0) is 20.1. The van der Waals surface area contributed by atoms with Gasteiger partial charge in [-0.1, -0.05) is 0 Å². The van der Waals surface area contributed by atoms with Crippen molar-refractivity contribution in [1.29, 1.82) is 0 Å². The van der Waals surface area contributed by atoms with Crippen molar-refractivity contribution in [2.24, 2.45) is 0 Å². The summed E-state index contributed by atoms with van der Waals surface area (Å²) < 4.78 is 10.1. The molecule has 1 amide bonds. The van der Waals surface area contributed by atoms with Gasteiger partial charge in [0, 0.05) is 24.5 Å². The molecule has 2 heterocycles. The van der Waals surface area contributed by atoms with Crippen LogP contribution >= 0.6 is 0 Å². The number of amides is 1. The number of methoxy groups -OCH3 is 2. The van der Waals surface area contributed by atoms with Crippen LogP contribution < -0.4 is 15.0 Å². The number of aromatic amines is 1. The second-order valence-electron chi connectivity index (χ2n) is 7.12. The highest BCUT2D eigenvalue weighted by Crippen LogP contribution is 2.31. The minimum atomic E-state index is -0.547. The van der Waals surface area contributed by atoms with Gasteiger partial charge in [0.05, 0.1) is 38.0 Å². The van der Waals surface area contributed by atoms with Crippen LogP contribution in [-0.2, 0) is 9.53 Å². The number of H-pyrrole nitrogens is 1. The Morgan fingerprint density at radius 2 is 2.14 bits per heavy atom. The number of esters is 1. The average Bonchev–Trinajstić information content (AvgIpc) is 3.06. The van der Waals surface area contributed by atoms with Gasteiger partial charge in [-0.15, -0.1) is 0 Å². The van der Waals surface area contributed by atoms with Crippen LogP contribution in [0.15, 0.2) is 18.2 Å². The van der Waals surface area contributed by atoms with Crippen molar-refractivity contribution in [1.82, 2.24) is 4.98 Å². The van der Waals surface area contributed by atoms with Crippen LogP contribution in [-0.4, -0.2) is 61.9 Å². The number of hydrogen-bond acceptors (Lipinski definition) is 5. The highest BCUT2D eigenvalue weighted by atomic mass is 16.5. The Hall–Kier alpha value is -2.58. The number of hydrogen-bond donors (Lipinski definition) is 4. The van der Waals surface area contributed by atoms with Gasteiger partial charge < -0.3 is 29.8 Å². The van der Waals surface area contributed by atoms with Gasteiger partial charge in [-0.05, 0) is 31.4 Å². The standard InChI is InChI=1S/C20H27N3O5/c1-27-14-6-7-15-16(11-14)21-19(20(26)28-2)18(15)22-17(25)12-23-9-4-3-5-13(23)8-10-24/h6-7,11,13,21,24H,3-5,8-10,12H2,1-2H3,(H,22,25)/p+1/t13-/m0/s1. The van der Waals surface area contributed by atoms with Crippen molar-refractivity contribution >= 4 is 28.5 Å². The van der Waals surface area contributed by atoms with E-state index in [-0.39, 0.29) is 24.2 Å². The maximum absolute atomic E-state index is 12.8. The number of rotatable bonds is 7. The molecule has 2 aromatic rings. The number of ether oxygens (including phenoxy) is 2. The predicted molar refractivity (Wildman–Crippen MR) is 105 cm³/mol. The van der Waals surface area contributed by atoms with Gasteiger partial charge in [-0.3, -0.25) is 4.79 Å². The Balaban J connectivity index is 1.83. The minimum absolute atomic E-state index is 0.132. The number of aliphatic hydroxyl groups excluding tert-OH is 1. The molecule has 1 fully saturated rings. The topological polar surface area (TPSA) is 105 Å². The van der Waals surface area contributed by atoms with Crippen LogP contribution in [0, 0.1) is 0 Å². The van der Waals surface area contributed by atoms with E-state index >= 15 is 0 Å². The Morgan fingerprint density at radius 3 is 2.86 bits per heavy atom. The van der Waals surface area contributed by atoms with Gasteiger partial charge in [0.25, 0.3) is 5.91 Å². The highest BCUT2D eigenvalue weighted by Gasteiger charge is 2.28. The van der Waals surface area contributed by atoms with E-state index in [1.165, 1.54) is 12.0 Å². The molecule has 0 aliphatic carbocycles. The number of carbonyl (C=O) groups excluding carboxylic acids is 2. The number of nitrogens with one attached hydrogen (secondary N) is 3. The van der Waals surface area contributed by atoms with Crippen molar-refractivity contribution in [3.63, 3.8) is 0 Å². The molecule has 1 aromatic heterocycles. The summed E-state index contributed by atoms with van der Waals surface area (Å²) in [5.41, 5.74) is 1.31. The molecule has 0 bridgehead atoms. The quantitative estimate of drug-likeness (QED) is 0.522. The molecule has 1 aromatic carbocycles. The van der Waals surface area contributed by atoms with Gasteiger partial charge in [-0.25, -0.2) is 4.79 Å². The summed E-state index contributed by atoms with van der Waals surface area (Å²) in [4.78, 5) is 29.2. The number of carbonyl (C=O) groups is 2. The zero-order valence-corrected chi connectivity index (χ0v) is 16.3. The van der Waals surface area contributed by atoms with Crippen LogP contribution in [0.25, 0.3) is 10.9 Å².